The van der Waals surface area contributed by atoms with Crippen molar-refractivity contribution >= 4 is 5.91 Å². The second kappa shape index (κ2) is 4.58. The largest absolute Gasteiger partial charge is 0.391 e. The SMILES string of the molecule is CC(CN)CC(=O)N1CC[C@@H](O)C1. The van der Waals surface area contributed by atoms with Crippen LogP contribution in [-0.2, 0) is 4.79 Å². The minimum absolute atomic E-state index is 0.120. The molecule has 0 saturated carbocycles. The second-order valence-corrected chi connectivity index (χ2v) is 3.83. The monoisotopic (exact) mass is 186 g/mol. The van der Waals surface area contributed by atoms with Crippen molar-refractivity contribution in [2.45, 2.75) is 25.9 Å². The number of carbonyl (C=O) groups excluding carboxylic acids is 1. The summed E-state index contributed by atoms with van der Waals surface area (Å²) in [5.41, 5.74) is 5.43. The zero-order valence-corrected chi connectivity index (χ0v) is 8.07. The van der Waals surface area contributed by atoms with Crippen LogP contribution in [0.25, 0.3) is 0 Å². The summed E-state index contributed by atoms with van der Waals surface area (Å²) in [5, 5.41) is 9.22. The van der Waals surface area contributed by atoms with Gasteiger partial charge in [-0.15, -0.1) is 0 Å². The zero-order valence-electron chi connectivity index (χ0n) is 8.07. The van der Waals surface area contributed by atoms with Gasteiger partial charge >= 0.3 is 0 Å². The van der Waals surface area contributed by atoms with E-state index < -0.39 is 0 Å². The van der Waals surface area contributed by atoms with E-state index in [9.17, 15) is 9.90 Å². The van der Waals surface area contributed by atoms with Gasteiger partial charge in [-0.25, -0.2) is 0 Å². The number of likely N-dealkylation sites (tertiary alicyclic amines) is 1. The van der Waals surface area contributed by atoms with Gasteiger partial charge in [-0.2, -0.15) is 0 Å². The third-order valence-corrected chi connectivity index (χ3v) is 2.44. The van der Waals surface area contributed by atoms with E-state index in [0.29, 0.717) is 32.5 Å². The lowest BCUT2D eigenvalue weighted by molar-refractivity contribution is -0.131. The molecule has 1 fully saturated rings. The maximum absolute atomic E-state index is 11.5. The van der Waals surface area contributed by atoms with Crippen molar-refractivity contribution in [2.75, 3.05) is 19.6 Å². The number of aliphatic hydroxyl groups is 1. The molecule has 0 spiro atoms. The van der Waals surface area contributed by atoms with Gasteiger partial charge in [0.2, 0.25) is 5.91 Å². The topological polar surface area (TPSA) is 66.6 Å². The van der Waals surface area contributed by atoms with Crippen LogP contribution in [0.2, 0.25) is 0 Å². The number of β-amino-alcohol motifs (C(OH)–C–C–N with tert-alkyl or cyclic N) is 1. The molecular weight excluding hydrogens is 168 g/mol. The predicted octanol–water partition coefficient (Wildman–Crippen LogP) is -0.435. The maximum Gasteiger partial charge on any atom is 0.222 e. The van der Waals surface area contributed by atoms with Crippen LogP contribution in [0, 0.1) is 5.92 Å². The van der Waals surface area contributed by atoms with Gasteiger partial charge in [-0.3, -0.25) is 4.79 Å². The molecule has 1 amide bonds. The molecule has 1 aliphatic rings. The molecule has 4 nitrogen and oxygen atoms in total. The smallest absolute Gasteiger partial charge is 0.222 e. The van der Waals surface area contributed by atoms with Crippen molar-refractivity contribution in [3.8, 4) is 0 Å². The van der Waals surface area contributed by atoms with Crippen LogP contribution in [0.1, 0.15) is 19.8 Å². The summed E-state index contributed by atoms with van der Waals surface area (Å²) in [6, 6.07) is 0. The molecule has 0 aliphatic carbocycles. The Balaban J connectivity index is 2.31. The Labute approximate surface area is 78.7 Å². The van der Waals surface area contributed by atoms with Crippen LogP contribution in [0.4, 0.5) is 0 Å². The quantitative estimate of drug-likeness (QED) is 0.628. The lowest BCUT2D eigenvalue weighted by Gasteiger charge is -2.17. The molecule has 1 saturated heterocycles. The molecule has 0 bridgehead atoms. The minimum Gasteiger partial charge on any atom is -0.391 e. The number of carbonyl (C=O) groups is 1. The van der Waals surface area contributed by atoms with Crippen molar-refractivity contribution in [2.24, 2.45) is 11.7 Å². The molecule has 1 aliphatic heterocycles. The second-order valence-electron chi connectivity index (χ2n) is 3.83. The fourth-order valence-corrected chi connectivity index (χ4v) is 1.48. The zero-order chi connectivity index (χ0) is 9.84. The van der Waals surface area contributed by atoms with E-state index >= 15 is 0 Å². The van der Waals surface area contributed by atoms with E-state index in [0.717, 1.165) is 0 Å². The summed E-state index contributed by atoms with van der Waals surface area (Å²) in [7, 11) is 0. The highest BCUT2D eigenvalue weighted by molar-refractivity contribution is 5.76. The van der Waals surface area contributed by atoms with Gasteiger partial charge in [0.15, 0.2) is 0 Å². The maximum atomic E-state index is 11.5. The van der Waals surface area contributed by atoms with Gasteiger partial charge in [0, 0.05) is 19.5 Å². The highest BCUT2D eigenvalue weighted by atomic mass is 16.3. The van der Waals surface area contributed by atoms with Crippen molar-refractivity contribution in [1.29, 1.82) is 0 Å². The first-order valence-corrected chi connectivity index (χ1v) is 4.79. The Morgan fingerprint density at radius 3 is 2.92 bits per heavy atom. The standard InChI is InChI=1S/C9H18N2O2/c1-7(5-10)4-9(13)11-3-2-8(12)6-11/h7-8,12H,2-6,10H2,1H3/t7?,8-/m1/s1. The summed E-state index contributed by atoms with van der Waals surface area (Å²) in [6.07, 6.45) is 0.892. The highest BCUT2D eigenvalue weighted by Gasteiger charge is 2.24. The van der Waals surface area contributed by atoms with E-state index in [1.807, 2.05) is 6.92 Å². The summed E-state index contributed by atoms with van der Waals surface area (Å²) in [6.45, 7) is 3.69. The summed E-state index contributed by atoms with van der Waals surface area (Å²) >= 11 is 0. The molecule has 13 heavy (non-hydrogen) atoms. The normalized spacial score (nSPS) is 24.8. The Kier molecular flexibility index (Phi) is 3.69. The van der Waals surface area contributed by atoms with Crippen LogP contribution >= 0.6 is 0 Å². The Morgan fingerprint density at radius 2 is 2.46 bits per heavy atom. The summed E-state index contributed by atoms with van der Waals surface area (Å²) in [4.78, 5) is 13.2. The molecule has 1 heterocycles. The first-order valence-electron chi connectivity index (χ1n) is 4.79. The fourth-order valence-electron chi connectivity index (χ4n) is 1.48. The van der Waals surface area contributed by atoms with Gasteiger partial charge in [-0.1, -0.05) is 6.92 Å². The van der Waals surface area contributed by atoms with Crippen LogP contribution in [0.5, 0.6) is 0 Å². The van der Waals surface area contributed by atoms with Gasteiger partial charge in [0.1, 0.15) is 0 Å². The van der Waals surface area contributed by atoms with Crippen molar-refractivity contribution in [3.63, 3.8) is 0 Å². The lowest BCUT2D eigenvalue weighted by atomic mass is 10.1. The van der Waals surface area contributed by atoms with E-state index in [-0.39, 0.29) is 17.9 Å². The Bertz CT molecular complexity index is 184. The number of rotatable bonds is 3. The molecule has 1 rings (SSSR count). The molecule has 0 radical (unpaired) electrons. The number of hydrogen-bond donors (Lipinski definition) is 2. The third kappa shape index (κ3) is 2.97. The van der Waals surface area contributed by atoms with Crippen molar-refractivity contribution < 1.29 is 9.90 Å². The van der Waals surface area contributed by atoms with Crippen LogP contribution in [-0.4, -0.2) is 41.7 Å². The molecule has 4 heteroatoms. The van der Waals surface area contributed by atoms with Crippen LogP contribution < -0.4 is 5.73 Å². The number of hydrogen-bond acceptors (Lipinski definition) is 3. The number of aliphatic hydroxyl groups excluding tert-OH is 1. The molecule has 0 aromatic heterocycles. The average molecular weight is 186 g/mol. The fraction of sp³-hybridized carbons (Fsp3) is 0.889. The van der Waals surface area contributed by atoms with Crippen LogP contribution in [0.15, 0.2) is 0 Å². The van der Waals surface area contributed by atoms with E-state index in [1.54, 1.807) is 4.90 Å². The highest BCUT2D eigenvalue weighted by Crippen LogP contribution is 2.12. The molecule has 76 valence electrons. The molecule has 0 aromatic rings. The molecule has 2 atom stereocenters. The van der Waals surface area contributed by atoms with E-state index in [2.05, 4.69) is 0 Å². The third-order valence-electron chi connectivity index (χ3n) is 2.44. The number of nitrogens with two attached hydrogens (primary N) is 1. The van der Waals surface area contributed by atoms with Gasteiger partial charge in [-0.05, 0) is 18.9 Å². The molecule has 1 unspecified atom stereocenters. The first kappa shape index (κ1) is 10.5. The summed E-state index contributed by atoms with van der Waals surface area (Å²) in [5.74, 6) is 0.361. The van der Waals surface area contributed by atoms with Gasteiger partial charge in [0.25, 0.3) is 0 Å². The van der Waals surface area contributed by atoms with Crippen molar-refractivity contribution in [3.05, 3.63) is 0 Å². The summed E-state index contributed by atoms with van der Waals surface area (Å²) < 4.78 is 0. The van der Waals surface area contributed by atoms with E-state index in [1.165, 1.54) is 0 Å². The number of amides is 1. The van der Waals surface area contributed by atoms with E-state index in [4.69, 9.17) is 5.73 Å². The van der Waals surface area contributed by atoms with Crippen molar-refractivity contribution in [1.82, 2.24) is 4.90 Å². The lowest BCUT2D eigenvalue weighted by Crippen LogP contribution is -2.31. The average Bonchev–Trinajstić information content (AvgIpc) is 2.51. The Morgan fingerprint density at radius 1 is 1.77 bits per heavy atom. The van der Waals surface area contributed by atoms with Gasteiger partial charge in [0.05, 0.1) is 6.10 Å². The van der Waals surface area contributed by atoms with Gasteiger partial charge < -0.3 is 15.7 Å². The number of nitrogens with zero attached hydrogens (tertiary/aromatic N) is 1. The molecule has 0 aromatic carbocycles. The van der Waals surface area contributed by atoms with Crippen LogP contribution in [0.3, 0.4) is 0 Å². The minimum atomic E-state index is -0.322. The first-order chi connectivity index (χ1) is 6.13. The molecule has 3 N–H and O–H groups in total. The predicted molar refractivity (Wildman–Crippen MR) is 50.0 cm³/mol. The Hall–Kier alpha value is -0.610. The molecular formula is C9H18N2O2.